The number of anilines is 1. The van der Waals surface area contributed by atoms with Crippen molar-refractivity contribution in [3.8, 4) is 5.75 Å². The Hall–Kier alpha value is -1.25. The van der Waals surface area contributed by atoms with Crippen LogP contribution in [0.3, 0.4) is 0 Å². The van der Waals surface area contributed by atoms with E-state index >= 15 is 0 Å². The Kier molecular flexibility index (Phi) is 8.03. The number of unbranched alkanes of at least 4 members (excludes halogenated alkanes) is 1. The molecule has 108 valence electrons. The van der Waals surface area contributed by atoms with E-state index in [1.54, 1.807) is 6.20 Å². The fourth-order valence-electron chi connectivity index (χ4n) is 1.98. The van der Waals surface area contributed by atoms with Gasteiger partial charge in [0.1, 0.15) is 5.75 Å². The summed E-state index contributed by atoms with van der Waals surface area (Å²) in [6, 6.07) is 2.04. The van der Waals surface area contributed by atoms with Crippen LogP contribution in [-0.2, 0) is 0 Å². The topological polar surface area (TPSA) is 34.1 Å². The van der Waals surface area contributed by atoms with E-state index < -0.39 is 0 Å². The number of hydrogen-bond donors (Lipinski definition) is 1. The van der Waals surface area contributed by atoms with Gasteiger partial charge in [-0.25, -0.2) is 0 Å². The van der Waals surface area contributed by atoms with Crippen LogP contribution in [0, 0.1) is 5.92 Å². The Morgan fingerprint density at radius 2 is 2.05 bits per heavy atom. The van der Waals surface area contributed by atoms with Gasteiger partial charge in [-0.05, 0) is 18.8 Å². The Bertz CT molecular complexity index is 341. The molecule has 1 heterocycles. The maximum absolute atomic E-state index is 5.87. The zero-order chi connectivity index (χ0) is 13.9. The van der Waals surface area contributed by atoms with Crippen LogP contribution in [0.2, 0.25) is 0 Å². The first kappa shape index (κ1) is 15.8. The van der Waals surface area contributed by atoms with Crippen molar-refractivity contribution in [2.75, 3.05) is 18.5 Å². The van der Waals surface area contributed by atoms with Crippen LogP contribution >= 0.6 is 0 Å². The highest BCUT2D eigenvalue weighted by Crippen LogP contribution is 2.18. The molecule has 0 bridgehead atoms. The number of aromatic nitrogens is 1. The highest BCUT2D eigenvalue weighted by atomic mass is 16.5. The molecule has 0 saturated heterocycles. The molecule has 1 atom stereocenters. The normalized spacial score (nSPS) is 12.2. The molecule has 0 amide bonds. The van der Waals surface area contributed by atoms with Gasteiger partial charge in [-0.15, -0.1) is 0 Å². The van der Waals surface area contributed by atoms with Crippen molar-refractivity contribution < 1.29 is 4.74 Å². The van der Waals surface area contributed by atoms with Gasteiger partial charge in [0.05, 0.1) is 24.7 Å². The van der Waals surface area contributed by atoms with Gasteiger partial charge in [0.25, 0.3) is 0 Å². The fourth-order valence-corrected chi connectivity index (χ4v) is 1.98. The number of hydrogen-bond acceptors (Lipinski definition) is 3. The van der Waals surface area contributed by atoms with Crippen molar-refractivity contribution in [1.29, 1.82) is 0 Å². The Balaban J connectivity index is 2.42. The molecule has 0 saturated carbocycles. The van der Waals surface area contributed by atoms with Crippen molar-refractivity contribution in [2.45, 2.75) is 52.9 Å². The summed E-state index contributed by atoms with van der Waals surface area (Å²) in [5.41, 5.74) is 1.04. The van der Waals surface area contributed by atoms with Crippen LogP contribution in [0.15, 0.2) is 18.5 Å². The molecule has 1 rings (SSSR count). The monoisotopic (exact) mass is 264 g/mol. The molecule has 1 aromatic heterocycles. The first-order chi connectivity index (χ1) is 9.30. The Labute approximate surface area is 117 Å². The predicted octanol–water partition coefficient (Wildman–Crippen LogP) is 4.50. The van der Waals surface area contributed by atoms with Gasteiger partial charge >= 0.3 is 0 Å². The molecule has 1 unspecified atom stereocenters. The van der Waals surface area contributed by atoms with Gasteiger partial charge in [-0.1, -0.05) is 40.0 Å². The summed E-state index contributed by atoms with van der Waals surface area (Å²) in [4.78, 5) is 4.22. The summed E-state index contributed by atoms with van der Waals surface area (Å²) in [5.74, 6) is 1.53. The molecule has 0 aliphatic heterocycles. The quantitative estimate of drug-likeness (QED) is 0.675. The smallest absolute Gasteiger partial charge is 0.139 e. The van der Waals surface area contributed by atoms with Crippen LogP contribution in [0.5, 0.6) is 5.75 Å². The highest BCUT2D eigenvalue weighted by molar-refractivity contribution is 5.44. The SMILES string of the molecule is CCCCC(CC)COc1cncc(NCCC)c1. The average Bonchev–Trinajstić information content (AvgIpc) is 2.46. The molecule has 3 heteroatoms. The summed E-state index contributed by atoms with van der Waals surface area (Å²) in [6.07, 6.45) is 9.74. The molecule has 3 nitrogen and oxygen atoms in total. The lowest BCUT2D eigenvalue weighted by Crippen LogP contribution is -2.11. The van der Waals surface area contributed by atoms with Crippen LogP contribution in [0.4, 0.5) is 5.69 Å². The number of nitrogens with zero attached hydrogens (tertiary/aromatic N) is 1. The molecule has 1 N–H and O–H groups in total. The second-order valence-corrected chi connectivity index (χ2v) is 5.06. The average molecular weight is 264 g/mol. The Morgan fingerprint density at radius 3 is 2.74 bits per heavy atom. The van der Waals surface area contributed by atoms with Crippen molar-refractivity contribution in [3.63, 3.8) is 0 Å². The van der Waals surface area contributed by atoms with Crippen LogP contribution in [0.1, 0.15) is 52.9 Å². The number of pyridine rings is 1. The summed E-state index contributed by atoms with van der Waals surface area (Å²) in [6.45, 7) is 8.40. The van der Waals surface area contributed by atoms with Crippen LogP contribution in [-0.4, -0.2) is 18.1 Å². The van der Waals surface area contributed by atoms with Crippen LogP contribution in [0.25, 0.3) is 0 Å². The minimum atomic E-state index is 0.659. The van der Waals surface area contributed by atoms with Crippen molar-refractivity contribution in [1.82, 2.24) is 4.98 Å². The predicted molar refractivity (Wildman–Crippen MR) is 81.8 cm³/mol. The van der Waals surface area contributed by atoms with E-state index in [0.29, 0.717) is 5.92 Å². The van der Waals surface area contributed by atoms with Crippen LogP contribution < -0.4 is 10.1 Å². The molecule has 0 aliphatic rings. The fraction of sp³-hybridized carbons (Fsp3) is 0.688. The maximum atomic E-state index is 5.87. The van der Waals surface area contributed by atoms with E-state index in [9.17, 15) is 0 Å². The minimum absolute atomic E-state index is 0.659. The lowest BCUT2D eigenvalue weighted by atomic mass is 10.0. The van der Waals surface area contributed by atoms with E-state index in [2.05, 4.69) is 31.1 Å². The van der Waals surface area contributed by atoms with E-state index in [0.717, 1.165) is 31.0 Å². The standard InChI is InChI=1S/C16H28N2O/c1-4-7-8-14(6-3)13-19-16-10-15(11-17-12-16)18-9-5-2/h10-12,14,18H,4-9,13H2,1-3H3. The maximum Gasteiger partial charge on any atom is 0.139 e. The third-order valence-corrected chi connectivity index (χ3v) is 3.32. The summed E-state index contributed by atoms with van der Waals surface area (Å²) >= 11 is 0. The second-order valence-electron chi connectivity index (χ2n) is 5.06. The molecular formula is C16H28N2O. The highest BCUT2D eigenvalue weighted by Gasteiger charge is 2.07. The van der Waals surface area contributed by atoms with Gasteiger partial charge < -0.3 is 10.1 Å². The third kappa shape index (κ3) is 6.46. The molecule has 0 radical (unpaired) electrons. The third-order valence-electron chi connectivity index (χ3n) is 3.32. The van der Waals surface area contributed by atoms with Gasteiger partial charge in [-0.3, -0.25) is 4.98 Å². The zero-order valence-corrected chi connectivity index (χ0v) is 12.6. The summed E-state index contributed by atoms with van der Waals surface area (Å²) in [7, 11) is 0. The molecule has 1 aromatic rings. The molecule has 0 aliphatic carbocycles. The molecule has 0 spiro atoms. The lowest BCUT2D eigenvalue weighted by molar-refractivity contribution is 0.233. The molecule has 0 fully saturated rings. The molecular weight excluding hydrogens is 236 g/mol. The van der Waals surface area contributed by atoms with E-state index in [1.807, 2.05) is 12.3 Å². The number of nitrogens with one attached hydrogen (secondary N) is 1. The number of rotatable bonds is 10. The first-order valence-corrected chi connectivity index (χ1v) is 7.61. The van der Waals surface area contributed by atoms with Gasteiger partial charge in [0, 0.05) is 12.6 Å². The lowest BCUT2D eigenvalue weighted by Gasteiger charge is -2.15. The zero-order valence-electron chi connectivity index (χ0n) is 12.6. The van der Waals surface area contributed by atoms with Crippen molar-refractivity contribution in [3.05, 3.63) is 18.5 Å². The molecule has 0 aromatic carbocycles. The number of ether oxygens (including phenoxy) is 1. The van der Waals surface area contributed by atoms with Gasteiger partial charge in [0.15, 0.2) is 0 Å². The van der Waals surface area contributed by atoms with E-state index in [4.69, 9.17) is 4.74 Å². The van der Waals surface area contributed by atoms with Crippen molar-refractivity contribution in [2.24, 2.45) is 5.92 Å². The summed E-state index contributed by atoms with van der Waals surface area (Å²) in [5, 5.41) is 3.33. The minimum Gasteiger partial charge on any atom is -0.492 e. The Morgan fingerprint density at radius 1 is 1.21 bits per heavy atom. The van der Waals surface area contributed by atoms with Crippen molar-refractivity contribution >= 4 is 5.69 Å². The largest absolute Gasteiger partial charge is 0.492 e. The first-order valence-electron chi connectivity index (χ1n) is 7.61. The van der Waals surface area contributed by atoms with E-state index in [1.165, 1.54) is 25.7 Å². The van der Waals surface area contributed by atoms with E-state index in [-0.39, 0.29) is 0 Å². The summed E-state index contributed by atoms with van der Waals surface area (Å²) < 4.78 is 5.87. The van der Waals surface area contributed by atoms with Gasteiger partial charge in [0.2, 0.25) is 0 Å². The second kappa shape index (κ2) is 9.65. The molecule has 19 heavy (non-hydrogen) atoms. The van der Waals surface area contributed by atoms with Gasteiger partial charge in [-0.2, -0.15) is 0 Å².